The van der Waals surface area contributed by atoms with Gasteiger partial charge in [0, 0.05) is 30.8 Å². The van der Waals surface area contributed by atoms with Crippen LogP contribution in [-0.4, -0.2) is 25.3 Å². The molecule has 0 heterocycles. The van der Waals surface area contributed by atoms with Gasteiger partial charge in [-0.3, -0.25) is 5.41 Å². The molecule has 6 heteroatoms. The highest BCUT2D eigenvalue weighted by atomic mass is 16.5. The molecule has 0 spiro atoms. The van der Waals surface area contributed by atoms with E-state index >= 15 is 0 Å². The van der Waals surface area contributed by atoms with Gasteiger partial charge in [-0.25, -0.2) is 4.99 Å². The zero-order valence-electron chi connectivity index (χ0n) is 17.4. The van der Waals surface area contributed by atoms with E-state index < -0.39 is 0 Å². The molecule has 0 atom stereocenters. The Kier molecular flexibility index (Phi) is 13.1. The highest BCUT2D eigenvalue weighted by molar-refractivity contribution is 6.12. The lowest BCUT2D eigenvalue weighted by Gasteiger charge is -2.17. The molecular formula is C22H33N5O. The third kappa shape index (κ3) is 10.7. The summed E-state index contributed by atoms with van der Waals surface area (Å²) in [6, 6.07) is 0. The summed E-state index contributed by atoms with van der Waals surface area (Å²) in [5, 5.41) is 14.8. The molecule has 6 nitrogen and oxygen atoms in total. The summed E-state index contributed by atoms with van der Waals surface area (Å²) in [5.74, 6) is 1.41. The molecule has 0 unspecified atom stereocenters. The Hall–Kier alpha value is -3.28. The number of nitrogens with two attached hydrogens (primary N) is 1. The molecule has 0 aromatic rings. The van der Waals surface area contributed by atoms with Gasteiger partial charge in [-0.1, -0.05) is 62.6 Å². The fourth-order valence-electron chi connectivity index (χ4n) is 1.87. The van der Waals surface area contributed by atoms with E-state index in [1.54, 1.807) is 26.3 Å². The van der Waals surface area contributed by atoms with Crippen LogP contribution in [0.2, 0.25) is 0 Å². The summed E-state index contributed by atoms with van der Waals surface area (Å²) in [6.07, 6.45) is 15.6. The Balaban J connectivity index is 5.69. The van der Waals surface area contributed by atoms with Crippen molar-refractivity contribution in [1.82, 2.24) is 10.6 Å². The molecule has 0 aliphatic carbocycles. The highest BCUT2D eigenvalue weighted by Crippen LogP contribution is 2.12. The lowest BCUT2D eigenvalue weighted by atomic mass is 10.0. The smallest absolute Gasteiger partial charge is 0.184 e. The van der Waals surface area contributed by atoms with Crippen LogP contribution in [0, 0.1) is 5.41 Å². The average Bonchev–Trinajstić information content (AvgIpc) is 2.68. The van der Waals surface area contributed by atoms with E-state index in [-0.39, 0.29) is 5.82 Å². The molecule has 0 radical (unpaired) electrons. The third-order valence-electron chi connectivity index (χ3n) is 3.43. The molecule has 0 fully saturated rings. The minimum atomic E-state index is 0.285. The van der Waals surface area contributed by atoms with Crippen molar-refractivity contribution in [2.24, 2.45) is 10.7 Å². The number of methoxy groups -OCH3 is 1. The van der Waals surface area contributed by atoms with Gasteiger partial charge in [0.05, 0.1) is 18.6 Å². The number of nitrogens with one attached hydrogen (secondary N) is 3. The minimum Gasteiger partial charge on any atom is -0.484 e. The van der Waals surface area contributed by atoms with Gasteiger partial charge in [-0.15, -0.1) is 0 Å². The van der Waals surface area contributed by atoms with Crippen LogP contribution in [0.1, 0.15) is 27.2 Å². The van der Waals surface area contributed by atoms with Crippen molar-refractivity contribution >= 4 is 11.6 Å². The molecule has 0 aromatic heterocycles. The van der Waals surface area contributed by atoms with E-state index in [2.05, 4.69) is 28.8 Å². The van der Waals surface area contributed by atoms with Gasteiger partial charge >= 0.3 is 0 Å². The Morgan fingerprint density at radius 3 is 2.50 bits per heavy atom. The first kappa shape index (κ1) is 24.7. The molecule has 0 aliphatic heterocycles. The van der Waals surface area contributed by atoms with Crippen molar-refractivity contribution in [2.45, 2.75) is 27.2 Å². The minimum absolute atomic E-state index is 0.285. The van der Waals surface area contributed by atoms with Gasteiger partial charge in [-0.2, -0.15) is 0 Å². The molecule has 0 bridgehead atoms. The Morgan fingerprint density at radius 2 is 1.93 bits per heavy atom. The van der Waals surface area contributed by atoms with Crippen LogP contribution >= 0.6 is 0 Å². The molecule has 28 heavy (non-hydrogen) atoms. The summed E-state index contributed by atoms with van der Waals surface area (Å²) < 4.78 is 5.07. The van der Waals surface area contributed by atoms with E-state index in [0.29, 0.717) is 35.1 Å². The number of hydrogen-bond donors (Lipinski definition) is 4. The highest BCUT2D eigenvalue weighted by Gasteiger charge is 2.11. The molecule has 0 aromatic carbocycles. The molecule has 0 saturated heterocycles. The van der Waals surface area contributed by atoms with Crippen molar-refractivity contribution in [3.63, 3.8) is 0 Å². The normalized spacial score (nSPS) is 13.7. The van der Waals surface area contributed by atoms with Crippen molar-refractivity contribution in [3.05, 3.63) is 84.7 Å². The zero-order chi connectivity index (χ0) is 21.4. The van der Waals surface area contributed by atoms with E-state index in [1.165, 1.54) is 0 Å². The van der Waals surface area contributed by atoms with Crippen molar-refractivity contribution < 1.29 is 4.74 Å². The molecule has 0 amide bonds. The second-order valence-corrected chi connectivity index (χ2v) is 5.70. The van der Waals surface area contributed by atoms with Gasteiger partial charge in [0.2, 0.25) is 0 Å². The van der Waals surface area contributed by atoms with Crippen molar-refractivity contribution in [1.29, 1.82) is 5.41 Å². The summed E-state index contributed by atoms with van der Waals surface area (Å²) in [5.41, 5.74) is 7.36. The number of rotatable bonds is 12. The lowest BCUT2D eigenvalue weighted by molar-refractivity contribution is 0.400. The fraction of sp³-hybridized carbons (Fsp3) is 0.273. The van der Waals surface area contributed by atoms with E-state index in [0.717, 1.165) is 6.42 Å². The summed E-state index contributed by atoms with van der Waals surface area (Å²) in [6.45, 7) is 13.5. The molecule has 0 saturated carbocycles. The number of ether oxygens (including phenoxy) is 1. The summed E-state index contributed by atoms with van der Waals surface area (Å²) in [4.78, 5) is 4.23. The molecule has 0 aliphatic rings. The van der Waals surface area contributed by atoms with E-state index in [4.69, 9.17) is 15.9 Å². The zero-order valence-corrected chi connectivity index (χ0v) is 17.4. The lowest BCUT2D eigenvalue weighted by Crippen LogP contribution is -2.31. The van der Waals surface area contributed by atoms with Crippen LogP contribution in [0.15, 0.2) is 89.7 Å². The number of aliphatic imine (C=N–C) groups is 1. The second kappa shape index (κ2) is 14.8. The predicted molar refractivity (Wildman–Crippen MR) is 121 cm³/mol. The van der Waals surface area contributed by atoms with Gasteiger partial charge < -0.3 is 21.1 Å². The third-order valence-corrected chi connectivity index (χ3v) is 3.43. The standard InChI is InChI=1S/C22H33N5O/c1-7-9-11-12-13-15-25-22(27-18(4)23)17(3)21(24)20(14-10-8-2)16-26-19(5)28-6/h7,9-14,16,24-25,27H,1,4,8,15,23H2,2-3,5-6H3/b11-9-,13-12-,14-10-,20-16+,22-17+,24-21?,26-19+. The van der Waals surface area contributed by atoms with Crippen LogP contribution in [0.3, 0.4) is 0 Å². The average molecular weight is 384 g/mol. The van der Waals surface area contributed by atoms with E-state index in [9.17, 15) is 0 Å². The number of hydrogen-bond acceptors (Lipinski definition) is 6. The predicted octanol–water partition coefficient (Wildman–Crippen LogP) is 4.06. The van der Waals surface area contributed by atoms with Crippen molar-refractivity contribution in [2.75, 3.05) is 13.7 Å². The first-order valence-electron chi connectivity index (χ1n) is 9.02. The topological polar surface area (TPSA) is 95.5 Å². The van der Waals surface area contributed by atoms with Crippen LogP contribution < -0.4 is 16.4 Å². The Morgan fingerprint density at radius 1 is 1.21 bits per heavy atom. The van der Waals surface area contributed by atoms with Crippen LogP contribution in [-0.2, 0) is 4.74 Å². The Bertz CT molecular complexity index is 721. The second-order valence-electron chi connectivity index (χ2n) is 5.70. The van der Waals surface area contributed by atoms with Crippen LogP contribution in [0.25, 0.3) is 0 Å². The molecule has 152 valence electrons. The monoisotopic (exact) mass is 383 g/mol. The number of allylic oxidation sites excluding steroid dienone is 8. The van der Waals surface area contributed by atoms with Gasteiger partial charge in [0.25, 0.3) is 0 Å². The van der Waals surface area contributed by atoms with Gasteiger partial charge in [-0.05, 0) is 13.3 Å². The van der Waals surface area contributed by atoms with Gasteiger partial charge in [0.15, 0.2) is 5.90 Å². The largest absolute Gasteiger partial charge is 0.484 e. The quantitative estimate of drug-likeness (QED) is 0.232. The summed E-state index contributed by atoms with van der Waals surface area (Å²) >= 11 is 0. The van der Waals surface area contributed by atoms with E-state index in [1.807, 2.05) is 50.3 Å². The van der Waals surface area contributed by atoms with Crippen LogP contribution in [0.5, 0.6) is 0 Å². The molecule has 5 N–H and O–H groups in total. The number of nitrogens with zero attached hydrogens (tertiary/aromatic N) is 1. The van der Waals surface area contributed by atoms with Gasteiger partial charge in [0.1, 0.15) is 5.82 Å². The Labute approximate surface area is 169 Å². The van der Waals surface area contributed by atoms with Crippen LogP contribution in [0.4, 0.5) is 0 Å². The molecule has 0 rings (SSSR count). The SMILES string of the molecule is C=C/C=C\C=C/CN/C(NC(=C)N)=C(/C)C(=N)C(/C=C\CC)=C/N=C(\C)OC. The fourth-order valence-corrected chi connectivity index (χ4v) is 1.87. The first-order valence-corrected chi connectivity index (χ1v) is 9.02. The first-order chi connectivity index (χ1) is 13.4. The maximum Gasteiger partial charge on any atom is 0.184 e. The maximum absolute atomic E-state index is 8.60. The molecular weight excluding hydrogens is 350 g/mol. The van der Waals surface area contributed by atoms with Crippen molar-refractivity contribution in [3.8, 4) is 0 Å². The summed E-state index contributed by atoms with van der Waals surface area (Å²) in [7, 11) is 1.56. The maximum atomic E-state index is 8.60.